The molecule has 114 valence electrons. The van der Waals surface area contributed by atoms with Crippen LogP contribution in [0.25, 0.3) is 11.0 Å². The third-order valence-corrected chi connectivity index (χ3v) is 3.44. The summed E-state index contributed by atoms with van der Waals surface area (Å²) in [5.74, 6) is -0.591. The highest BCUT2D eigenvalue weighted by molar-refractivity contribution is 5.85. The molecular formula is C15H16N4O3. The van der Waals surface area contributed by atoms with Crippen molar-refractivity contribution in [2.75, 3.05) is 6.54 Å². The predicted molar refractivity (Wildman–Crippen MR) is 80.2 cm³/mol. The number of amides is 2. The first-order valence-corrected chi connectivity index (χ1v) is 7.14. The third kappa shape index (κ3) is 3.30. The maximum absolute atomic E-state index is 11.9. The van der Waals surface area contributed by atoms with Crippen molar-refractivity contribution in [1.29, 1.82) is 0 Å². The van der Waals surface area contributed by atoms with Gasteiger partial charge >= 0.3 is 0 Å². The van der Waals surface area contributed by atoms with E-state index in [2.05, 4.69) is 15.6 Å². The summed E-state index contributed by atoms with van der Waals surface area (Å²) >= 11 is 0. The molecule has 0 atom stereocenters. The maximum Gasteiger partial charge on any atom is 0.269 e. The molecule has 2 N–H and O–H groups in total. The normalized spacial score (nSPS) is 13.8. The smallest absolute Gasteiger partial charge is 0.269 e. The van der Waals surface area contributed by atoms with Gasteiger partial charge in [0.2, 0.25) is 11.8 Å². The average molecular weight is 300 g/mol. The van der Waals surface area contributed by atoms with Crippen molar-refractivity contribution in [3.63, 3.8) is 0 Å². The van der Waals surface area contributed by atoms with Crippen LogP contribution in [-0.4, -0.2) is 34.0 Å². The van der Waals surface area contributed by atoms with Crippen LogP contribution < -0.4 is 16.2 Å². The molecule has 0 spiro atoms. The van der Waals surface area contributed by atoms with Gasteiger partial charge in [0.15, 0.2) is 0 Å². The zero-order chi connectivity index (χ0) is 15.5. The highest BCUT2D eigenvalue weighted by Gasteiger charge is 2.23. The second-order valence-electron chi connectivity index (χ2n) is 5.29. The Morgan fingerprint density at radius 3 is 2.77 bits per heavy atom. The number of aromatic nitrogens is 2. The fourth-order valence-corrected chi connectivity index (χ4v) is 2.16. The summed E-state index contributed by atoms with van der Waals surface area (Å²) in [6.45, 7) is -0.217. The molecule has 0 bridgehead atoms. The van der Waals surface area contributed by atoms with Gasteiger partial charge in [-0.15, -0.1) is 0 Å². The Kier molecular flexibility index (Phi) is 3.86. The van der Waals surface area contributed by atoms with E-state index in [-0.39, 0.29) is 36.5 Å². The van der Waals surface area contributed by atoms with E-state index in [0.29, 0.717) is 11.0 Å². The Labute approximate surface area is 126 Å². The largest absolute Gasteiger partial charge is 0.352 e. The van der Waals surface area contributed by atoms with Crippen molar-refractivity contribution in [2.24, 2.45) is 0 Å². The van der Waals surface area contributed by atoms with E-state index in [4.69, 9.17) is 0 Å². The number of nitrogens with one attached hydrogen (secondary N) is 2. The number of para-hydroxylation sites is 2. The SMILES string of the molecule is O=C(Cn1c(=O)cnc2ccccc21)NCC(=O)NC1CC1. The van der Waals surface area contributed by atoms with Crippen molar-refractivity contribution in [3.05, 3.63) is 40.8 Å². The Balaban J connectivity index is 1.67. The quantitative estimate of drug-likeness (QED) is 0.799. The lowest BCUT2D eigenvalue weighted by Crippen LogP contribution is -2.40. The summed E-state index contributed by atoms with van der Waals surface area (Å²) in [6, 6.07) is 7.35. The summed E-state index contributed by atoms with van der Waals surface area (Å²) < 4.78 is 1.34. The topological polar surface area (TPSA) is 93.1 Å². The standard InChI is InChI=1S/C15H16N4O3/c20-13(18-10-5-6-10)7-17-14(21)9-19-12-4-2-1-3-11(12)16-8-15(19)22/h1-4,8,10H,5-7,9H2,(H,17,21)(H,18,20). The molecule has 22 heavy (non-hydrogen) atoms. The van der Waals surface area contributed by atoms with Crippen molar-refractivity contribution < 1.29 is 9.59 Å². The van der Waals surface area contributed by atoms with Crippen molar-refractivity contribution >= 4 is 22.8 Å². The van der Waals surface area contributed by atoms with Crippen LogP contribution in [0, 0.1) is 0 Å². The summed E-state index contributed by atoms with van der Waals surface area (Å²) in [5, 5.41) is 5.31. The summed E-state index contributed by atoms with van der Waals surface area (Å²) in [7, 11) is 0. The number of carbonyl (C=O) groups excluding carboxylic acids is 2. The van der Waals surface area contributed by atoms with Gasteiger partial charge in [-0.2, -0.15) is 0 Å². The van der Waals surface area contributed by atoms with E-state index in [1.165, 1.54) is 10.8 Å². The lowest BCUT2D eigenvalue weighted by atomic mass is 10.3. The van der Waals surface area contributed by atoms with E-state index in [0.717, 1.165) is 12.8 Å². The molecule has 1 aliphatic carbocycles. The molecule has 0 aliphatic heterocycles. The van der Waals surface area contributed by atoms with E-state index < -0.39 is 0 Å². The van der Waals surface area contributed by atoms with Crippen LogP contribution >= 0.6 is 0 Å². The van der Waals surface area contributed by atoms with Gasteiger partial charge in [0.25, 0.3) is 5.56 Å². The van der Waals surface area contributed by atoms with E-state index in [9.17, 15) is 14.4 Å². The highest BCUT2D eigenvalue weighted by Crippen LogP contribution is 2.18. The molecule has 0 radical (unpaired) electrons. The minimum atomic E-state index is -0.385. The molecule has 1 fully saturated rings. The lowest BCUT2D eigenvalue weighted by molar-refractivity contribution is -0.126. The Bertz CT molecular complexity index is 780. The van der Waals surface area contributed by atoms with E-state index in [1.807, 2.05) is 6.07 Å². The van der Waals surface area contributed by atoms with Crippen LogP contribution in [0.2, 0.25) is 0 Å². The summed E-state index contributed by atoms with van der Waals surface area (Å²) in [5.41, 5.74) is 0.880. The Morgan fingerprint density at radius 2 is 2.00 bits per heavy atom. The second-order valence-corrected chi connectivity index (χ2v) is 5.29. The van der Waals surface area contributed by atoms with Gasteiger partial charge in [-0.25, -0.2) is 4.98 Å². The van der Waals surface area contributed by atoms with Crippen molar-refractivity contribution in [2.45, 2.75) is 25.4 Å². The third-order valence-electron chi connectivity index (χ3n) is 3.44. The molecule has 1 saturated carbocycles. The monoisotopic (exact) mass is 300 g/mol. The van der Waals surface area contributed by atoms with Crippen LogP contribution in [-0.2, 0) is 16.1 Å². The lowest BCUT2D eigenvalue weighted by Gasteiger charge is -2.10. The van der Waals surface area contributed by atoms with Gasteiger partial charge in [-0.3, -0.25) is 19.0 Å². The molecule has 7 nitrogen and oxygen atoms in total. The zero-order valence-corrected chi connectivity index (χ0v) is 11.9. The predicted octanol–water partition coefficient (Wildman–Crippen LogP) is -0.209. The maximum atomic E-state index is 11.9. The molecule has 7 heteroatoms. The molecule has 1 aliphatic rings. The molecule has 1 heterocycles. The first kappa shape index (κ1) is 14.2. The molecule has 1 aromatic heterocycles. The summed E-state index contributed by atoms with van der Waals surface area (Å²) in [6.07, 6.45) is 3.19. The minimum Gasteiger partial charge on any atom is -0.352 e. The number of fused-ring (bicyclic) bond motifs is 1. The van der Waals surface area contributed by atoms with Crippen molar-refractivity contribution in [3.8, 4) is 0 Å². The first-order valence-electron chi connectivity index (χ1n) is 7.14. The second kappa shape index (κ2) is 5.97. The molecule has 0 saturated heterocycles. The summed E-state index contributed by atoms with van der Waals surface area (Å²) in [4.78, 5) is 39.4. The fraction of sp³-hybridized carbons (Fsp3) is 0.333. The van der Waals surface area contributed by atoms with Gasteiger partial charge in [-0.1, -0.05) is 12.1 Å². The number of benzene rings is 1. The number of rotatable bonds is 5. The van der Waals surface area contributed by atoms with Gasteiger partial charge < -0.3 is 10.6 Å². The Hall–Kier alpha value is -2.70. The highest BCUT2D eigenvalue weighted by atomic mass is 16.2. The van der Waals surface area contributed by atoms with Gasteiger partial charge in [0.1, 0.15) is 6.54 Å². The Morgan fingerprint density at radius 1 is 1.23 bits per heavy atom. The zero-order valence-electron chi connectivity index (χ0n) is 11.9. The van der Waals surface area contributed by atoms with Crippen molar-refractivity contribution in [1.82, 2.24) is 20.2 Å². The molecule has 2 amide bonds. The van der Waals surface area contributed by atoms with Crippen LogP contribution in [0.15, 0.2) is 35.3 Å². The van der Waals surface area contributed by atoms with Gasteiger partial charge in [0.05, 0.1) is 23.8 Å². The number of carbonyl (C=O) groups is 2. The van der Waals surface area contributed by atoms with Crippen LogP contribution in [0.3, 0.4) is 0 Å². The first-order chi connectivity index (χ1) is 10.6. The molecule has 3 rings (SSSR count). The molecule has 1 aromatic carbocycles. The van der Waals surface area contributed by atoms with E-state index in [1.54, 1.807) is 18.2 Å². The fourth-order valence-electron chi connectivity index (χ4n) is 2.16. The van der Waals surface area contributed by atoms with Gasteiger partial charge in [-0.05, 0) is 25.0 Å². The average Bonchev–Trinajstić information content (AvgIpc) is 3.32. The van der Waals surface area contributed by atoms with E-state index >= 15 is 0 Å². The number of hydrogen-bond acceptors (Lipinski definition) is 4. The molecule has 2 aromatic rings. The number of nitrogens with zero attached hydrogens (tertiary/aromatic N) is 2. The molecular weight excluding hydrogens is 284 g/mol. The van der Waals surface area contributed by atoms with Crippen LogP contribution in [0.1, 0.15) is 12.8 Å². The molecule has 0 unspecified atom stereocenters. The minimum absolute atomic E-state index is 0.0763. The van der Waals surface area contributed by atoms with Crippen LogP contribution in [0.5, 0.6) is 0 Å². The number of hydrogen-bond donors (Lipinski definition) is 2. The van der Waals surface area contributed by atoms with Crippen LogP contribution in [0.4, 0.5) is 0 Å². The van der Waals surface area contributed by atoms with Gasteiger partial charge in [0, 0.05) is 6.04 Å².